The van der Waals surface area contributed by atoms with Gasteiger partial charge in [-0.15, -0.1) is 0 Å². The van der Waals surface area contributed by atoms with Gasteiger partial charge in [-0.2, -0.15) is 0 Å². The van der Waals surface area contributed by atoms with Crippen molar-refractivity contribution < 1.29 is 8.42 Å². The molecule has 1 rings (SSSR count). The molecule has 0 amide bonds. The molecule has 0 aliphatic heterocycles. The predicted molar refractivity (Wildman–Crippen MR) is 79.2 cm³/mol. The van der Waals surface area contributed by atoms with E-state index in [0.29, 0.717) is 10.4 Å². The quantitative estimate of drug-likeness (QED) is 0.798. The zero-order valence-electron chi connectivity index (χ0n) is 9.95. The normalized spacial score (nSPS) is 13.9. The van der Waals surface area contributed by atoms with E-state index in [0.717, 1.165) is 0 Å². The van der Waals surface area contributed by atoms with Crippen LogP contribution in [0.25, 0.3) is 0 Å². The van der Waals surface area contributed by atoms with Crippen LogP contribution in [0.3, 0.4) is 0 Å². The molecule has 0 fully saturated rings. The molecule has 1 aromatic carbocycles. The van der Waals surface area contributed by atoms with E-state index in [1.165, 1.54) is 18.2 Å². The minimum atomic E-state index is -3.58. The largest absolute Gasteiger partial charge is 0.240 e. The summed E-state index contributed by atoms with van der Waals surface area (Å²) in [4.78, 5) is 0.114. The minimum absolute atomic E-state index is 0.114. The maximum absolute atomic E-state index is 12.1. The Kier molecular flexibility index (Phi) is 5.93. The molecule has 0 aliphatic rings. The molecule has 0 bridgehead atoms. The average Bonchev–Trinajstić information content (AvgIpc) is 2.29. The van der Waals surface area contributed by atoms with Crippen molar-refractivity contribution in [3.63, 3.8) is 0 Å². The molecule has 0 aromatic heterocycles. The van der Waals surface area contributed by atoms with Crippen LogP contribution in [0, 0.1) is 5.92 Å². The van der Waals surface area contributed by atoms with Crippen molar-refractivity contribution in [3.05, 3.63) is 28.2 Å². The number of halogens is 3. The molecule has 102 valence electrons. The zero-order chi connectivity index (χ0) is 13.9. The first kappa shape index (κ1) is 16.2. The van der Waals surface area contributed by atoms with Gasteiger partial charge in [0.2, 0.25) is 10.0 Å². The van der Waals surface area contributed by atoms with Gasteiger partial charge in [0.15, 0.2) is 0 Å². The molecule has 0 radical (unpaired) electrons. The van der Waals surface area contributed by atoms with Gasteiger partial charge < -0.3 is 0 Å². The summed E-state index contributed by atoms with van der Waals surface area (Å²) >= 11 is 14.9. The lowest BCUT2D eigenvalue weighted by Crippen LogP contribution is -2.39. The summed E-state index contributed by atoms with van der Waals surface area (Å²) in [5.74, 6) is 0.182. The molecular formula is C11H14BrCl2NO2S. The Hall–Kier alpha value is 0.190. The van der Waals surface area contributed by atoms with Gasteiger partial charge in [-0.05, 0) is 24.1 Å². The van der Waals surface area contributed by atoms with Crippen LogP contribution in [-0.4, -0.2) is 19.8 Å². The van der Waals surface area contributed by atoms with Gasteiger partial charge in [0.1, 0.15) is 0 Å². The Morgan fingerprint density at radius 1 is 1.28 bits per heavy atom. The van der Waals surface area contributed by atoms with Gasteiger partial charge in [0, 0.05) is 11.4 Å². The summed E-state index contributed by atoms with van der Waals surface area (Å²) < 4.78 is 26.9. The third kappa shape index (κ3) is 4.10. The molecule has 0 aliphatic carbocycles. The van der Waals surface area contributed by atoms with Crippen LogP contribution >= 0.6 is 39.1 Å². The number of alkyl halides is 1. The number of rotatable bonds is 5. The predicted octanol–water partition coefficient (Wildman–Crippen LogP) is 3.69. The summed E-state index contributed by atoms with van der Waals surface area (Å²) in [6.07, 6.45) is 0. The van der Waals surface area contributed by atoms with E-state index in [4.69, 9.17) is 23.2 Å². The molecule has 0 saturated carbocycles. The van der Waals surface area contributed by atoms with E-state index in [2.05, 4.69) is 20.7 Å². The zero-order valence-corrected chi connectivity index (χ0v) is 13.9. The number of nitrogens with one attached hydrogen (secondary N) is 1. The molecular weight excluding hydrogens is 361 g/mol. The highest BCUT2D eigenvalue weighted by molar-refractivity contribution is 9.09. The second kappa shape index (κ2) is 6.57. The molecule has 0 spiro atoms. The van der Waals surface area contributed by atoms with E-state index in [9.17, 15) is 8.42 Å². The lowest BCUT2D eigenvalue weighted by molar-refractivity contribution is 0.484. The Bertz CT molecular complexity index is 520. The van der Waals surface area contributed by atoms with Crippen molar-refractivity contribution in [2.24, 2.45) is 5.92 Å². The summed E-state index contributed by atoms with van der Waals surface area (Å²) in [5.41, 5.74) is 0. The highest BCUT2D eigenvalue weighted by Gasteiger charge is 2.22. The lowest BCUT2D eigenvalue weighted by Gasteiger charge is -2.20. The first-order valence-electron chi connectivity index (χ1n) is 5.31. The number of hydrogen-bond acceptors (Lipinski definition) is 2. The first-order valence-corrected chi connectivity index (χ1v) is 8.67. The fourth-order valence-corrected chi connectivity index (χ4v) is 4.15. The molecule has 18 heavy (non-hydrogen) atoms. The SMILES string of the molecule is CC(C)C(CBr)NS(=O)(=O)c1ccc(Cl)c(Cl)c1. The monoisotopic (exact) mass is 373 g/mol. The molecule has 3 nitrogen and oxygen atoms in total. The van der Waals surface area contributed by atoms with Crippen LogP contribution in [0.4, 0.5) is 0 Å². The fraction of sp³-hybridized carbons (Fsp3) is 0.455. The van der Waals surface area contributed by atoms with Gasteiger partial charge in [-0.1, -0.05) is 53.0 Å². The number of sulfonamides is 1. The van der Waals surface area contributed by atoms with E-state index >= 15 is 0 Å². The Labute approximate surface area is 126 Å². The number of benzene rings is 1. The van der Waals surface area contributed by atoms with E-state index in [1.54, 1.807) is 0 Å². The molecule has 0 heterocycles. The van der Waals surface area contributed by atoms with Crippen molar-refractivity contribution >= 4 is 49.2 Å². The maximum atomic E-state index is 12.1. The highest BCUT2D eigenvalue weighted by Crippen LogP contribution is 2.25. The summed E-state index contributed by atoms with van der Waals surface area (Å²) in [6.45, 7) is 3.90. The number of hydrogen-bond donors (Lipinski definition) is 1. The first-order chi connectivity index (χ1) is 8.27. The standard InChI is InChI=1S/C11H14BrCl2NO2S/c1-7(2)11(6-12)15-18(16,17)8-3-4-9(13)10(14)5-8/h3-5,7,11,15H,6H2,1-2H3. The lowest BCUT2D eigenvalue weighted by atomic mass is 10.1. The molecule has 0 saturated heterocycles. The molecule has 1 N–H and O–H groups in total. The van der Waals surface area contributed by atoms with Crippen LogP contribution in [0.5, 0.6) is 0 Å². The van der Waals surface area contributed by atoms with E-state index < -0.39 is 10.0 Å². The molecule has 7 heteroatoms. The van der Waals surface area contributed by atoms with Gasteiger partial charge >= 0.3 is 0 Å². The third-order valence-electron chi connectivity index (χ3n) is 2.48. The Balaban J connectivity index is 3.02. The fourth-order valence-electron chi connectivity index (χ4n) is 1.26. The van der Waals surface area contributed by atoms with Crippen LogP contribution in [0.1, 0.15) is 13.8 Å². The van der Waals surface area contributed by atoms with Crippen molar-refractivity contribution in [1.82, 2.24) is 4.72 Å². The van der Waals surface area contributed by atoms with Crippen molar-refractivity contribution in [2.75, 3.05) is 5.33 Å². The Morgan fingerprint density at radius 3 is 2.33 bits per heavy atom. The van der Waals surface area contributed by atoms with Crippen LogP contribution < -0.4 is 4.72 Å². The Morgan fingerprint density at radius 2 is 1.89 bits per heavy atom. The summed E-state index contributed by atoms with van der Waals surface area (Å²) in [7, 11) is -3.58. The molecule has 1 atom stereocenters. The average molecular weight is 375 g/mol. The van der Waals surface area contributed by atoms with E-state index in [1.807, 2.05) is 13.8 Å². The van der Waals surface area contributed by atoms with Crippen LogP contribution in [0.15, 0.2) is 23.1 Å². The van der Waals surface area contributed by atoms with Crippen molar-refractivity contribution in [1.29, 1.82) is 0 Å². The summed E-state index contributed by atoms with van der Waals surface area (Å²) in [6, 6.07) is 4.07. The van der Waals surface area contributed by atoms with Crippen LogP contribution in [0.2, 0.25) is 10.0 Å². The topological polar surface area (TPSA) is 46.2 Å². The minimum Gasteiger partial charge on any atom is -0.207 e. The van der Waals surface area contributed by atoms with Gasteiger partial charge in [0.25, 0.3) is 0 Å². The van der Waals surface area contributed by atoms with Crippen molar-refractivity contribution in [3.8, 4) is 0 Å². The second-order valence-corrected chi connectivity index (χ2v) is 7.38. The van der Waals surface area contributed by atoms with Gasteiger partial charge in [-0.3, -0.25) is 0 Å². The summed E-state index contributed by atoms with van der Waals surface area (Å²) in [5, 5.41) is 1.10. The van der Waals surface area contributed by atoms with Crippen LogP contribution in [-0.2, 0) is 10.0 Å². The van der Waals surface area contributed by atoms with Gasteiger partial charge in [-0.25, -0.2) is 13.1 Å². The highest BCUT2D eigenvalue weighted by atomic mass is 79.9. The van der Waals surface area contributed by atoms with Gasteiger partial charge in [0.05, 0.1) is 14.9 Å². The third-order valence-corrected chi connectivity index (χ3v) is 5.40. The second-order valence-electron chi connectivity index (χ2n) is 4.20. The van der Waals surface area contributed by atoms with Crippen molar-refractivity contribution in [2.45, 2.75) is 24.8 Å². The smallest absolute Gasteiger partial charge is 0.207 e. The molecule has 1 aromatic rings. The van der Waals surface area contributed by atoms with E-state index in [-0.39, 0.29) is 21.9 Å². The molecule has 1 unspecified atom stereocenters. The maximum Gasteiger partial charge on any atom is 0.240 e.